The minimum absolute atomic E-state index is 0.0119. The van der Waals surface area contributed by atoms with Gasteiger partial charge in [-0.1, -0.05) is 23.2 Å². The van der Waals surface area contributed by atoms with Crippen LogP contribution in [0.5, 0.6) is 5.75 Å². The summed E-state index contributed by atoms with van der Waals surface area (Å²) in [4.78, 5) is 15.3. The Labute approximate surface area is 134 Å². The highest BCUT2D eigenvalue weighted by atomic mass is 35.5. The molecule has 0 aliphatic heterocycles. The average molecular weight is 347 g/mol. The molecule has 22 heavy (non-hydrogen) atoms. The minimum atomic E-state index is -1.03. The van der Waals surface area contributed by atoms with Crippen LogP contribution in [0.25, 0.3) is 11.3 Å². The molecule has 0 saturated carbocycles. The van der Waals surface area contributed by atoms with Crippen molar-refractivity contribution in [1.29, 1.82) is 0 Å². The molecule has 0 aliphatic carbocycles. The number of anilines is 1. The minimum Gasteiger partial charge on any atom is -0.492 e. The zero-order chi connectivity index (χ0) is 16.6. The molecule has 2 N–H and O–H groups in total. The van der Waals surface area contributed by atoms with E-state index in [0.717, 1.165) is 0 Å². The monoisotopic (exact) mass is 346 g/mol. The van der Waals surface area contributed by atoms with Gasteiger partial charge in [-0.3, -0.25) is 4.79 Å². The number of halogens is 4. The second-order valence-corrected chi connectivity index (χ2v) is 5.13. The Kier molecular flexibility index (Phi) is 4.53. The van der Waals surface area contributed by atoms with Crippen LogP contribution in [0.3, 0.4) is 0 Å². The van der Waals surface area contributed by atoms with Gasteiger partial charge in [0.2, 0.25) is 0 Å². The summed E-state index contributed by atoms with van der Waals surface area (Å²) >= 11 is 11.6. The summed E-state index contributed by atoms with van der Waals surface area (Å²) in [5.74, 6) is -2.74. The maximum atomic E-state index is 14.4. The number of rotatable bonds is 3. The van der Waals surface area contributed by atoms with E-state index < -0.39 is 28.8 Å². The Balaban J connectivity index is 2.81. The lowest BCUT2D eigenvalue weighted by atomic mass is 10.1. The van der Waals surface area contributed by atoms with Gasteiger partial charge in [-0.05, 0) is 12.1 Å². The first-order chi connectivity index (χ1) is 10.3. The van der Waals surface area contributed by atoms with Gasteiger partial charge in [0.25, 0.3) is 0 Å². The third-order valence-corrected chi connectivity index (χ3v) is 3.63. The second kappa shape index (κ2) is 6.06. The van der Waals surface area contributed by atoms with E-state index in [0.29, 0.717) is 0 Å². The molecule has 0 unspecified atom stereocenters. The summed E-state index contributed by atoms with van der Waals surface area (Å²) in [6, 6.07) is 2.53. The normalized spacial score (nSPS) is 10.6. The predicted octanol–water partition coefficient (Wildman–Crippen LogP) is 4.13. The smallest absolute Gasteiger partial charge is 0.179 e. The maximum Gasteiger partial charge on any atom is 0.179 e. The van der Waals surface area contributed by atoms with Crippen LogP contribution < -0.4 is 10.5 Å². The van der Waals surface area contributed by atoms with Crippen molar-refractivity contribution in [1.82, 2.24) is 4.98 Å². The molecule has 0 bridgehead atoms. The van der Waals surface area contributed by atoms with Gasteiger partial charge in [-0.2, -0.15) is 0 Å². The number of hydrogen-bond acceptors (Lipinski definition) is 4. The predicted molar refractivity (Wildman–Crippen MR) is 80.6 cm³/mol. The molecule has 8 heteroatoms. The zero-order valence-corrected chi connectivity index (χ0v) is 13.0. The number of carbonyl (C=O) groups is 1. The summed E-state index contributed by atoms with van der Waals surface area (Å²) in [7, 11) is 1.22. The Bertz CT molecular complexity index is 782. The molecule has 0 amide bonds. The molecule has 0 aliphatic rings. The highest BCUT2D eigenvalue weighted by Gasteiger charge is 2.24. The summed E-state index contributed by atoms with van der Waals surface area (Å²) in [6.07, 6.45) is 0. The molecule has 116 valence electrons. The van der Waals surface area contributed by atoms with E-state index in [1.807, 2.05) is 0 Å². The molecule has 0 atom stereocenters. The number of ketones is 1. The van der Waals surface area contributed by atoms with Gasteiger partial charge in [0, 0.05) is 12.5 Å². The Hall–Kier alpha value is -1.92. The lowest BCUT2D eigenvalue weighted by Crippen LogP contribution is -2.07. The Morgan fingerprint density at radius 2 is 1.91 bits per heavy atom. The van der Waals surface area contributed by atoms with Gasteiger partial charge in [0.15, 0.2) is 23.2 Å². The Morgan fingerprint density at radius 3 is 2.45 bits per heavy atom. The van der Waals surface area contributed by atoms with Gasteiger partial charge in [0.05, 0.1) is 22.8 Å². The fraction of sp³-hybridized carbons (Fsp3) is 0.143. The molecule has 4 nitrogen and oxygen atoms in total. The third kappa shape index (κ3) is 2.60. The summed E-state index contributed by atoms with van der Waals surface area (Å²) in [6.45, 7) is 1.19. The van der Waals surface area contributed by atoms with E-state index in [1.54, 1.807) is 0 Å². The number of Topliss-reactive ketones (excluding diaryl/α,β-unsaturated/α-hetero) is 1. The molecule has 0 fully saturated rings. The van der Waals surface area contributed by atoms with Crippen molar-refractivity contribution in [2.75, 3.05) is 12.8 Å². The van der Waals surface area contributed by atoms with Crippen LogP contribution in [0.1, 0.15) is 17.4 Å². The summed E-state index contributed by atoms with van der Waals surface area (Å²) in [5, 5.41) is -0.298. The maximum absolute atomic E-state index is 14.4. The van der Waals surface area contributed by atoms with Crippen molar-refractivity contribution in [3.8, 4) is 17.0 Å². The van der Waals surface area contributed by atoms with E-state index in [9.17, 15) is 13.6 Å². The number of aromatic nitrogens is 1. The standard InChI is InChI=1S/C14H10Cl2F2N2O2/c1-5(21)12-8(16)11(19)10(18)13(20-12)6-3-4-7(15)14(22-2)9(6)17/h3-4H,1-2H3,(H2,19,20). The lowest BCUT2D eigenvalue weighted by Gasteiger charge is -2.12. The number of nitrogens with zero attached hydrogens (tertiary/aromatic N) is 1. The fourth-order valence-electron chi connectivity index (χ4n) is 1.88. The zero-order valence-electron chi connectivity index (χ0n) is 11.5. The van der Waals surface area contributed by atoms with E-state index in [2.05, 4.69) is 4.98 Å². The van der Waals surface area contributed by atoms with Gasteiger partial charge >= 0.3 is 0 Å². The van der Waals surface area contributed by atoms with Crippen LogP contribution >= 0.6 is 23.2 Å². The van der Waals surface area contributed by atoms with Crippen molar-refractivity contribution in [2.45, 2.75) is 6.92 Å². The van der Waals surface area contributed by atoms with Crippen molar-refractivity contribution < 1.29 is 18.3 Å². The number of pyridine rings is 1. The number of carbonyl (C=O) groups excluding carboxylic acids is 1. The molecule has 1 aromatic carbocycles. The number of benzene rings is 1. The van der Waals surface area contributed by atoms with Crippen LogP contribution in [0.15, 0.2) is 12.1 Å². The van der Waals surface area contributed by atoms with Crippen LogP contribution in [0.2, 0.25) is 10.0 Å². The number of ether oxygens (including phenoxy) is 1. The highest BCUT2D eigenvalue weighted by Crippen LogP contribution is 2.38. The van der Waals surface area contributed by atoms with E-state index in [4.69, 9.17) is 33.7 Å². The van der Waals surface area contributed by atoms with Crippen LogP contribution in [-0.4, -0.2) is 17.9 Å². The fourth-order valence-corrected chi connectivity index (χ4v) is 2.36. The molecule has 1 heterocycles. The van der Waals surface area contributed by atoms with Gasteiger partial charge in [-0.15, -0.1) is 0 Å². The third-order valence-electron chi connectivity index (χ3n) is 2.95. The molecule has 0 saturated heterocycles. The molecular formula is C14H10Cl2F2N2O2. The SMILES string of the molecule is COc1c(Cl)ccc(-c2nc(C(C)=O)c(Cl)c(N)c2F)c1F. The number of hydrogen-bond donors (Lipinski definition) is 1. The number of nitrogen functional groups attached to an aromatic ring is 1. The van der Waals surface area contributed by atoms with Gasteiger partial charge < -0.3 is 10.5 Å². The quantitative estimate of drug-likeness (QED) is 0.848. The topological polar surface area (TPSA) is 65.2 Å². The van der Waals surface area contributed by atoms with E-state index in [1.165, 1.54) is 26.2 Å². The average Bonchev–Trinajstić information content (AvgIpc) is 2.46. The van der Waals surface area contributed by atoms with Crippen molar-refractivity contribution in [3.63, 3.8) is 0 Å². The first-order valence-corrected chi connectivity index (χ1v) is 6.72. The van der Waals surface area contributed by atoms with Crippen LogP contribution in [-0.2, 0) is 0 Å². The number of nitrogens with two attached hydrogens (primary N) is 1. The van der Waals surface area contributed by atoms with E-state index in [-0.39, 0.29) is 27.1 Å². The first kappa shape index (κ1) is 16.5. The molecule has 2 aromatic rings. The van der Waals surface area contributed by atoms with Crippen LogP contribution in [0.4, 0.5) is 14.5 Å². The number of methoxy groups -OCH3 is 1. The second-order valence-electron chi connectivity index (χ2n) is 4.35. The van der Waals surface area contributed by atoms with E-state index >= 15 is 0 Å². The van der Waals surface area contributed by atoms with Gasteiger partial charge in [-0.25, -0.2) is 13.8 Å². The van der Waals surface area contributed by atoms with Crippen molar-refractivity contribution in [3.05, 3.63) is 39.5 Å². The van der Waals surface area contributed by atoms with Crippen molar-refractivity contribution in [2.24, 2.45) is 0 Å². The molecule has 1 aromatic heterocycles. The molecule has 0 radical (unpaired) electrons. The molecule has 0 spiro atoms. The Morgan fingerprint density at radius 1 is 1.27 bits per heavy atom. The molecule has 2 rings (SSSR count). The largest absolute Gasteiger partial charge is 0.492 e. The van der Waals surface area contributed by atoms with Crippen LogP contribution in [0, 0.1) is 11.6 Å². The summed E-state index contributed by atoms with van der Waals surface area (Å²) in [5.41, 5.74) is 4.11. The molecular weight excluding hydrogens is 337 g/mol. The first-order valence-electron chi connectivity index (χ1n) is 5.97. The lowest BCUT2D eigenvalue weighted by molar-refractivity contribution is 0.101. The van der Waals surface area contributed by atoms with Crippen molar-refractivity contribution >= 4 is 34.7 Å². The summed E-state index contributed by atoms with van der Waals surface area (Å²) < 4.78 is 33.5. The highest BCUT2D eigenvalue weighted by molar-refractivity contribution is 6.36. The van der Waals surface area contributed by atoms with Gasteiger partial charge in [0.1, 0.15) is 11.4 Å².